The molecule has 1 aromatic carbocycles. The van der Waals surface area contributed by atoms with Crippen LogP contribution in [0, 0.1) is 5.92 Å². The molecule has 1 aliphatic rings. The molecule has 0 heterocycles. The zero-order valence-corrected chi connectivity index (χ0v) is 12.2. The minimum absolute atomic E-state index is 0.631. The van der Waals surface area contributed by atoms with E-state index in [4.69, 9.17) is 4.74 Å². The molecule has 19 heavy (non-hydrogen) atoms. The Morgan fingerprint density at radius 3 is 2.63 bits per heavy atom. The van der Waals surface area contributed by atoms with Crippen LogP contribution in [0.2, 0.25) is 0 Å². The van der Waals surface area contributed by atoms with Crippen LogP contribution >= 0.6 is 0 Å². The van der Waals surface area contributed by atoms with Crippen molar-refractivity contribution in [3.8, 4) is 5.75 Å². The average molecular weight is 262 g/mol. The molecule has 1 fully saturated rings. The fraction of sp³-hybridized carbons (Fsp3) is 0.647. The lowest BCUT2D eigenvalue weighted by Gasteiger charge is -2.27. The first-order valence-electron chi connectivity index (χ1n) is 7.60. The maximum absolute atomic E-state index is 10.9. The molecule has 0 amide bonds. The monoisotopic (exact) mass is 262 g/mol. The number of hydrogen-bond acceptors (Lipinski definition) is 2. The summed E-state index contributed by atoms with van der Waals surface area (Å²) in [6, 6.07) is 8.02. The van der Waals surface area contributed by atoms with E-state index in [2.05, 4.69) is 13.8 Å². The third kappa shape index (κ3) is 3.73. The van der Waals surface area contributed by atoms with Gasteiger partial charge in [-0.2, -0.15) is 0 Å². The molecule has 0 saturated heterocycles. The summed E-state index contributed by atoms with van der Waals surface area (Å²) in [4.78, 5) is 0. The van der Waals surface area contributed by atoms with Crippen molar-refractivity contribution < 1.29 is 9.84 Å². The Labute approximate surface area is 116 Å². The standard InChI is InChI=1S/C17H26O2/c1-3-13-19-16-8-6-15(7-9-16)17(18)11-4-5-14(2)10-12-17/h6-9,14,18H,3-5,10-13H2,1-2H3. The van der Waals surface area contributed by atoms with Gasteiger partial charge in [-0.15, -0.1) is 0 Å². The highest BCUT2D eigenvalue weighted by Crippen LogP contribution is 2.38. The number of benzene rings is 1. The quantitative estimate of drug-likeness (QED) is 0.821. The molecule has 106 valence electrons. The van der Waals surface area contributed by atoms with Gasteiger partial charge in [-0.3, -0.25) is 0 Å². The third-order valence-corrected chi connectivity index (χ3v) is 4.20. The Hall–Kier alpha value is -1.02. The van der Waals surface area contributed by atoms with Gasteiger partial charge in [-0.25, -0.2) is 0 Å². The van der Waals surface area contributed by atoms with Gasteiger partial charge in [0.25, 0.3) is 0 Å². The molecule has 0 spiro atoms. The van der Waals surface area contributed by atoms with Crippen LogP contribution in [0.15, 0.2) is 24.3 Å². The molecule has 2 heteroatoms. The zero-order valence-electron chi connectivity index (χ0n) is 12.2. The smallest absolute Gasteiger partial charge is 0.119 e. The van der Waals surface area contributed by atoms with Crippen LogP contribution in [0.5, 0.6) is 5.75 Å². The minimum atomic E-state index is -0.631. The lowest BCUT2D eigenvalue weighted by atomic mass is 9.86. The topological polar surface area (TPSA) is 29.5 Å². The molecular weight excluding hydrogens is 236 g/mol. The van der Waals surface area contributed by atoms with Crippen molar-refractivity contribution >= 4 is 0 Å². The molecule has 2 atom stereocenters. The van der Waals surface area contributed by atoms with Crippen LogP contribution in [0.4, 0.5) is 0 Å². The molecule has 2 unspecified atom stereocenters. The molecule has 2 nitrogen and oxygen atoms in total. The van der Waals surface area contributed by atoms with Crippen LogP contribution in [0.25, 0.3) is 0 Å². The first-order chi connectivity index (χ1) is 9.14. The molecule has 0 radical (unpaired) electrons. The Morgan fingerprint density at radius 1 is 1.21 bits per heavy atom. The first kappa shape index (κ1) is 14.4. The largest absolute Gasteiger partial charge is 0.494 e. The summed E-state index contributed by atoms with van der Waals surface area (Å²) in [6.45, 7) is 5.14. The van der Waals surface area contributed by atoms with E-state index in [9.17, 15) is 5.11 Å². The summed E-state index contributed by atoms with van der Waals surface area (Å²) in [5, 5.41) is 10.9. The fourth-order valence-corrected chi connectivity index (χ4v) is 2.87. The van der Waals surface area contributed by atoms with Gasteiger partial charge in [0.15, 0.2) is 0 Å². The molecule has 0 aromatic heterocycles. The second kappa shape index (κ2) is 6.42. The lowest BCUT2D eigenvalue weighted by molar-refractivity contribution is 0.0198. The van der Waals surface area contributed by atoms with E-state index >= 15 is 0 Å². The Morgan fingerprint density at radius 2 is 1.95 bits per heavy atom. The van der Waals surface area contributed by atoms with Crippen LogP contribution in [0.3, 0.4) is 0 Å². The van der Waals surface area contributed by atoms with Crippen molar-refractivity contribution in [1.29, 1.82) is 0 Å². The van der Waals surface area contributed by atoms with E-state index in [-0.39, 0.29) is 0 Å². The van der Waals surface area contributed by atoms with Crippen molar-refractivity contribution in [3.63, 3.8) is 0 Å². The minimum Gasteiger partial charge on any atom is -0.494 e. The van der Waals surface area contributed by atoms with Gasteiger partial charge >= 0.3 is 0 Å². The molecular formula is C17H26O2. The van der Waals surface area contributed by atoms with E-state index in [1.54, 1.807) is 0 Å². The summed E-state index contributed by atoms with van der Waals surface area (Å²) < 4.78 is 5.59. The first-order valence-corrected chi connectivity index (χ1v) is 7.60. The molecule has 2 rings (SSSR count). The predicted molar refractivity (Wildman–Crippen MR) is 78.4 cm³/mol. The van der Waals surface area contributed by atoms with Gasteiger partial charge in [-0.05, 0) is 55.7 Å². The second-order valence-corrected chi connectivity index (χ2v) is 5.94. The van der Waals surface area contributed by atoms with Gasteiger partial charge in [-0.1, -0.05) is 32.4 Å². The van der Waals surface area contributed by atoms with Gasteiger partial charge in [0, 0.05) is 0 Å². The molecule has 1 saturated carbocycles. The van der Waals surface area contributed by atoms with E-state index in [1.165, 1.54) is 6.42 Å². The lowest BCUT2D eigenvalue weighted by Crippen LogP contribution is -2.24. The van der Waals surface area contributed by atoms with E-state index in [0.29, 0.717) is 0 Å². The summed E-state index contributed by atoms with van der Waals surface area (Å²) >= 11 is 0. The van der Waals surface area contributed by atoms with Crippen LogP contribution < -0.4 is 4.74 Å². The van der Waals surface area contributed by atoms with Crippen molar-refractivity contribution in [2.45, 2.75) is 58.0 Å². The highest BCUT2D eigenvalue weighted by Gasteiger charge is 2.31. The Kier molecular flexibility index (Phi) is 4.87. The van der Waals surface area contributed by atoms with E-state index < -0.39 is 5.60 Å². The Bertz CT molecular complexity index is 385. The molecule has 1 aliphatic carbocycles. The highest BCUT2D eigenvalue weighted by molar-refractivity contribution is 5.31. The van der Waals surface area contributed by atoms with Gasteiger partial charge in [0.05, 0.1) is 12.2 Å². The highest BCUT2D eigenvalue weighted by atomic mass is 16.5. The number of hydrogen-bond donors (Lipinski definition) is 1. The van der Waals surface area contributed by atoms with Crippen LogP contribution in [-0.2, 0) is 5.60 Å². The van der Waals surface area contributed by atoms with E-state index in [1.807, 2.05) is 24.3 Å². The molecule has 0 aliphatic heterocycles. The molecule has 0 bridgehead atoms. The van der Waals surface area contributed by atoms with Crippen LogP contribution in [0.1, 0.15) is 57.9 Å². The third-order valence-electron chi connectivity index (χ3n) is 4.20. The Balaban J connectivity index is 2.07. The van der Waals surface area contributed by atoms with Gasteiger partial charge in [0.1, 0.15) is 5.75 Å². The summed E-state index contributed by atoms with van der Waals surface area (Å²) in [5.41, 5.74) is 0.416. The number of aliphatic hydroxyl groups is 1. The average Bonchev–Trinajstić information content (AvgIpc) is 2.60. The van der Waals surface area contributed by atoms with E-state index in [0.717, 1.165) is 55.9 Å². The second-order valence-electron chi connectivity index (χ2n) is 5.94. The van der Waals surface area contributed by atoms with Crippen LogP contribution in [-0.4, -0.2) is 11.7 Å². The maximum Gasteiger partial charge on any atom is 0.119 e. The predicted octanol–water partition coefficient (Wildman–Crippen LogP) is 4.26. The zero-order chi connectivity index (χ0) is 13.7. The van der Waals surface area contributed by atoms with Crippen molar-refractivity contribution in [2.75, 3.05) is 6.61 Å². The van der Waals surface area contributed by atoms with Gasteiger partial charge < -0.3 is 9.84 Å². The van der Waals surface area contributed by atoms with Crippen molar-refractivity contribution in [1.82, 2.24) is 0 Å². The molecule has 1 N–H and O–H groups in total. The number of ether oxygens (including phenoxy) is 1. The van der Waals surface area contributed by atoms with Gasteiger partial charge in [0.2, 0.25) is 0 Å². The molecule has 1 aromatic rings. The van der Waals surface area contributed by atoms with Crippen molar-refractivity contribution in [3.05, 3.63) is 29.8 Å². The summed E-state index contributed by atoms with van der Waals surface area (Å²) in [6.07, 6.45) is 6.25. The fourth-order valence-electron chi connectivity index (χ4n) is 2.87. The van der Waals surface area contributed by atoms with Crippen molar-refractivity contribution in [2.24, 2.45) is 5.92 Å². The SMILES string of the molecule is CCCOc1ccc(C2(O)CCCC(C)CC2)cc1. The maximum atomic E-state index is 10.9. The normalized spacial score (nSPS) is 27.8. The summed E-state index contributed by atoms with van der Waals surface area (Å²) in [5.74, 6) is 1.64. The summed E-state index contributed by atoms with van der Waals surface area (Å²) in [7, 11) is 0. The number of rotatable bonds is 4.